The third-order valence-corrected chi connectivity index (χ3v) is 4.53. The van der Waals surface area contributed by atoms with E-state index in [0.29, 0.717) is 11.2 Å². The molecule has 3 rings (SSSR count). The van der Waals surface area contributed by atoms with Crippen LogP contribution in [0.4, 0.5) is 0 Å². The Kier molecular flexibility index (Phi) is 3.83. The van der Waals surface area contributed by atoms with Crippen LogP contribution in [0.2, 0.25) is 0 Å². The first kappa shape index (κ1) is 13.9. The third kappa shape index (κ3) is 3.36. The van der Waals surface area contributed by atoms with E-state index in [-0.39, 0.29) is 0 Å². The zero-order chi connectivity index (χ0) is 14.7. The molecule has 0 amide bonds. The SMILES string of the molecule is CC1(Cc2ccccc2)CC=C(c2cccc(O)c2)CC1. The fraction of sp³-hybridized carbons (Fsp3) is 0.300. The fourth-order valence-corrected chi connectivity index (χ4v) is 3.23. The van der Waals surface area contributed by atoms with Crippen molar-refractivity contribution in [1.29, 1.82) is 0 Å². The summed E-state index contributed by atoms with van der Waals surface area (Å²) in [6, 6.07) is 18.4. The Morgan fingerprint density at radius 1 is 1.05 bits per heavy atom. The number of allylic oxidation sites excluding steroid dienone is 2. The number of phenolic OH excluding ortho intramolecular Hbond substituents is 1. The molecule has 0 saturated heterocycles. The van der Waals surface area contributed by atoms with Gasteiger partial charge in [-0.3, -0.25) is 0 Å². The van der Waals surface area contributed by atoms with Gasteiger partial charge in [-0.15, -0.1) is 0 Å². The third-order valence-electron chi connectivity index (χ3n) is 4.53. The van der Waals surface area contributed by atoms with Gasteiger partial charge in [-0.2, -0.15) is 0 Å². The summed E-state index contributed by atoms with van der Waals surface area (Å²) in [4.78, 5) is 0. The lowest BCUT2D eigenvalue weighted by Crippen LogP contribution is -2.21. The number of hydrogen-bond acceptors (Lipinski definition) is 1. The summed E-state index contributed by atoms with van der Waals surface area (Å²) < 4.78 is 0. The molecule has 108 valence electrons. The van der Waals surface area contributed by atoms with Crippen LogP contribution in [0.15, 0.2) is 60.7 Å². The summed E-state index contributed by atoms with van der Waals surface area (Å²) in [5, 5.41) is 9.61. The summed E-state index contributed by atoms with van der Waals surface area (Å²) in [5.74, 6) is 0.353. The van der Waals surface area contributed by atoms with Crippen molar-refractivity contribution in [3.05, 3.63) is 71.8 Å². The van der Waals surface area contributed by atoms with Gasteiger partial charge in [0.05, 0.1) is 0 Å². The summed E-state index contributed by atoms with van der Waals surface area (Å²) in [5.41, 5.74) is 4.31. The highest BCUT2D eigenvalue weighted by molar-refractivity contribution is 5.67. The molecular formula is C20H22O. The molecular weight excluding hydrogens is 256 g/mol. The molecule has 0 fully saturated rings. The van der Waals surface area contributed by atoms with Gasteiger partial charge in [-0.1, -0.05) is 55.5 Å². The Hall–Kier alpha value is -2.02. The van der Waals surface area contributed by atoms with Crippen LogP contribution in [0.3, 0.4) is 0 Å². The minimum absolute atomic E-state index is 0.349. The first-order valence-corrected chi connectivity index (χ1v) is 7.67. The molecule has 21 heavy (non-hydrogen) atoms. The predicted molar refractivity (Wildman–Crippen MR) is 88.2 cm³/mol. The topological polar surface area (TPSA) is 20.2 Å². The van der Waals surface area contributed by atoms with Crippen molar-refractivity contribution in [3.8, 4) is 5.75 Å². The monoisotopic (exact) mass is 278 g/mol. The molecule has 2 aromatic rings. The van der Waals surface area contributed by atoms with E-state index in [9.17, 15) is 5.11 Å². The maximum absolute atomic E-state index is 9.61. The number of benzene rings is 2. The summed E-state index contributed by atoms with van der Waals surface area (Å²) in [6.07, 6.45) is 6.89. The van der Waals surface area contributed by atoms with Crippen molar-refractivity contribution < 1.29 is 5.11 Å². The molecule has 1 N–H and O–H groups in total. The second-order valence-electron chi connectivity index (χ2n) is 6.46. The number of rotatable bonds is 3. The average molecular weight is 278 g/mol. The standard InChI is InChI=1S/C20H22O/c1-20(15-16-6-3-2-4-7-16)12-10-17(11-13-20)18-8-5-9-19(21)14-18/h2-10,14,21H,11-13,15H2,1H3. The molecule has 0 bridgehead atoms. The second kappa shape index (κ2) is 5.77. The van der Waals surface area contributed by atoms with Crippen molar-refractivity contribution in [2.24, 2.45) is 5.41 Å². The lowest BCUT2D eigenvalue weighted by molar-refractivity contribution is 0.293. The Bertz CT molecular complexity index is 642. The minimum Gasteiger partial charge on any atom is -0.508 e. The second-order valence-corrected chi connectivity index (χ2v) is 6.46. The van der Waals surface area contributed by atoms with E-state index < -0.39 is 0 Å². The molecule has 1 aliphatic rings. The van der Waals surface area contributed by atoms with Crippen LogP contribution in [0, 0.1) is 5.41 Å². The molecule has 0 radical (unpaired) electrons. The molecule has 1 unspecified atom stereocenters. The predicted octanol–water partition coefficient (Wildman–Crippen LogP) is 5.21. The van der Waals surface area contributed by atoms with Gasteiger partial charge in [0.2, 0.25) is 0 Å². The van der Waals surface area contributed by atoms with Gasteiger partial charge in [-0.05, 0) is 59.9 Å². The van der Waals surface area contributed by atoms with E-state index in [1.807, 2.05) is 12.1 Å². The highest BCUT2D eigenvalue weighted by Gasteiger charge is 2.27. The fourth-order valence-electron chi connectivity index (χ4n) is 3.23. The normalized spacial score (nSPS) is 21.9. The molecule has 2 aromatic carbocycles. The Morgan fingerprint density at radius 2 is 1.86 bits per heavy atom. The first-order valence-electron chi connectivity index (χ1n) is 7.67. The van der Waals surface area contributed by atoms with Gasteiger partial charge in [0.25, 0.3) is 0 Å². The lowest BCUT2D eigenvalue weighted by atomic mass is 9.72. The molecule has 0 spiro atoms. The van der Waals surface area contributed by atoms with E-state index in [0.717, 1.165) is 24.8 Å². The molecule has 0 heterocycles. The van der Waals surface area contributed by atoms with Crippen LogP contribution in [0.25, 0.3) is 5.57 Å². The average Bonchev–Trinajstić information content (AvgIpc) is 2.49. The number of phenols is 1. The van der Waals surface area contributed by atoms with E-state index in [4.69, 9.17) is 0 Å². The van der Waals surface area contributed by atoms with Gasteiger partial charge >= 0.3 is 0 Å². The molecule has 0 aromatic heterocycles. The lowest BCUT2D eigenvalue weighted by Gasteiger charge is -2.33. The van der Waals surface area contributed by atoms with Gasteiger partial charge in [-0.25, -0.2) is 0 Å². The Labute approximate surface area is 127 Å². The smallest absolute Gasteiger partial charge is 0.116 e. The van der Waals surface area contributed by atoms with E-state index in [2.05, 4.69) is 49.4 Å². The van der Waals surface area contributed by atoms with Gasteiger partial charge in [0, 0.05) is 0 Å². The van der Waals surface area contributed by atoms with Crippen molar-refractivity contribution in [2.45, 2.75) is 32.6 Å². The first-order chi connectivity index (χ1) is 10.1. The molecule has 0 aliphatic heterocycles. The maximum atomic E-state index is 9.61. The molecule has 1 nitrogen and oxygen atoms in total. The van der Waals surface area contributed by atoms with Crippen molar-refractivity contribution in [2.75, 3.05) is 0 Å². The van der Waals surface area contributed by atoms with Gasteiger partial charge < -0.3 is 5.11 Å². The number of hydrogen-bond donors (Lipinski definition) is 1. The van der Waals surface area contributed by atoms with Crippen LogP contribution >= 0.6 is 0 Å². The highest BCUT2D eigenvalue weighted by atomic mass is 16.3. The van der Waals surface area contributed by atoms with Crippen LogP contribution < -0.4 is 0 Å². The molecule has 1 atom stereocenters. The maximum Gasteiger partial charge on any atom is 0.116 e. The molecule has 1 heteroatoms. The molecule has 0 saturated carbocycles. The molecule has 1 aliphatic carbocycles. The van der Waals surface area contributed by atoms with E-state index >= 15 is 0 Å². The Balaban J connectivity index is 1.74. The van der Waals surface area contributed by atoms with E-state index in [1.54, 1.807) is 6.07 Å². The largest absolute Gasteiger partial charge is 0.508 e. The zero-order valence-electron chi connectivity index (χ0n) is 12.5. The zero-order valence-corrected chi connectivity index (χ0v) is 12.5. The highest BCUT2D eigenvalue weighted by Crippen LogP contribution is 2.41. The number of aromatic hydroxyl groups is 1. The van der Waals surface area contributed by atoms with Crippen LogP contribution in [0.5, 0.6) is 5.75 Å². The Morgan fingerprint density at radius 3 is 2.52 bits per heavy atom. The van der Waals surface area contributed by atoms with Crippen LogP contribution in [0.1, 0.15) is 37.3 Å². The van der Waals surface area contributed by atoms with Crippen molar-refractivity contribution in [3.63, 3.8) is 0 Å². The van der Waals surface area contributed by atoms with Crippen molar-refractivity contribution in [1.82, 2.24) is 0 Å². The summed E-state index contributed by atoms with van der Waals surface area (Å²) in [7, 11) is 0. The minimum atomic E-state index is 0.349. The van der Waals surface area contributed by atoms with Gasteiger partial charge in [0.1, 0.15) is 5.75 Å². The van der Waals surface area contributed by atoms with Crippen molar-refractivity contribution >= 4 is 5.57 Å². The van der Waals surface area contributed by atoms with Crippen LogP contribution in [-0.4, -0.2) is 5.11 Å². The summed E-state index contributed by atoms with van der Waals surface area (Å²) >= 11 is 0. The van der Waals surface area contributed by atoms with Gasteiger partial charge in [0.15, 0.2) is 0 Å². The van der Waals surface area contributed by atoms with Crippen LogP contribution in [-0.2, 0) is 6.42 Å². The summed E-state index contributed by atoms with van der Waals surface area (Å²) in [6.45, 7) is 2.38. The van der Waals surface area contributed by atoms with E-state index in [1.165, 1.54) is 17.6 Å². The quantitative estimate of drug-likeness (QED) is 0.817.